The van der Waals surface area contributed by atoms with Crippen LogP contribution in [0.3, 0.4) is 0 Å². The first-order valence-corrected chi connectivity index (χ1v) is 20.6. The van der Waals surface area contributed by atoms with Crippen LogP contribution in [0.2, 0.25) is 0 Å². The third-order valence-corrected chi connectivity index (χ3v) is 12.1. The molecule has 0 fully saturated rings. The Morgan fingerprint density at radius 2 is 0.700 bits per heavy atom. The molecule has 8 aromatic rings. The van der Waals surface area contributed by atoms with Gasteiger partial charge in [0.2, 0.25) is 0 Å². The highest BCUT2D eigenvalue weighted by atomic mass is 19.4. The van der Waals surface area contributed by atoms with Crippen LogP contribution in [0, 0.1) is 11.6 Å². The second kappa shape index (κ2) is 13.5. The maximum Gasteiger partial charge on any atom is 0.420 e. The van der Waals surface area contributed by atoms with Crippen molar-refractivity contribution >= 4 is 43.6 Å². The summed E-state index contributed by atoms with van der Waals surface area (Å²) in [5, 5.41) is 3.27. The largest absolute Gasteiger partial charge is 0.420 e. The molecular formula is C53H53F5N2. The van der Waals surface area contributed by atoms with Gasteiger partial charge in [0.1, 0.15) is 17.2 Å². The summed E-state index contributed by atoms with van der Waals surface area (Å²) in [5.74, 6) is -1.65. The van der Waals surface area contributed by atoms with E-state index in [1.807, 2.05) is 48.5 Å². The molecule has 310 valence electrons. The summed E-state index contributed by atoms with van der Waals surface area (Å²) in [6, 6.07) is 29.9. The molecule has 2 aromatic heterocycles. The SMILES string of the molecule is CC(C)(C)c1ccc2c(c1)c1cc(C(C)(C)C)ccc1n2-c1cc(-c2ccc(F)cc2F)cc(-n2c3ccc(C(C)(C)C)cc3c3cc(C(C)(C)C)ccc32)c1C(F)(F)F. The van der Waals surface area contributed by atoms with Gasteiger partial charge in [-0.1, -0.05) is 107 Å². The average molecular weight is 813 g/mol. The number of nitrogens with zero attached hydrogens (tertiary/aromatic N) is 2. The second-order valence-electron chi connectivity index (χ2n) is 20.6. The standard InChI is InChI=1S/C53H53F5N2/c1-49(2,3)31-13-19-42-37(25-31)38-26-32(50(4,5)6)14-20-43(38)59(42)46-23-30(36-18-17-35(54)29-41(36)55)24-47(48(46)53(56,57)58)60-44-21-15-33(51(7,8)9)27-39(44)40-28-34(52(10,11)12)16-22-45(40)60/h13-29H,1-12H3. The molecular weight excluding hydrogens is 760 g/mol. The summed E-state index contributed by atoms with van der Waals surface area (Å²) in [5.41, 5.74) is 4.60. The molecule has 8 rings (SSSR count). The molecule has 0 bridgehead atoms. The fraction of sp³-hybridized carbons (Fsp3) is 0.321. The molecule has 0 aliphatic carbocycles. The highest BCUT2D eigenvalue weighted by Crippen LogP contribution is 2.48. The van der Waals surface area contributed by atoms with E-state index in [0.717, 1.165) is 55.9 Å². The zero-order valence-electron chi connectivity index (χ0n) is 36.6. The molecule has 7 heteroatoms. The lowest BCUT2D eigenvalue weighted by Crippen LogP contribution is -2.16. The Labute approximate surface area is 349 Å². The Kier molecular flexibility index (Phi) is 9.32. The zero-order chi connectivity index (χ0) is 43.6. The molecule has 0 atom stereocenters. The first-order chi connectivity index (χ1) is 27.7. The van der Waals surface area contributed by atoms with Crippen molar-refractivity contribution in [1.29, 1.82) is 0 Å². The van der Waals surface area contributed by atoms with E-state index in [-0.39, 0.29) is 44.2 Å². The van der Waals surface area contributed by atoms with Crippen molar-refractivity contribution < 1.29 is 22.0 Å². The lowest BCUT2D eigenvalue weighted by molar-refractivity contribution is -0.137. The highest BCUT2D eigenvalue weighted by molar-refractivity contribution is 6.12. The minimum atomic E-state index is -4.89. The molecule has 0 spiro atoms. The third-order valence-electron chi connectivity index (χ3n) is 12.1. The smallest absolute Gasteiger partial charge is 0.309 e. The van der Waals surface area contributed by atoms with E-state index in [4.69, 9.17) is 0 Å². The van der Waals surface area contributed by atoms with Gasteiger partial charge in [0.25, 0.3) is 0 Å². The molecule has 0 aliphatic heterocycles. The van der Waals surface area contributed by atoms with Crippen LogP contribution in [0.5, 0.6) is 0 Å². The number of rotatable bonds is 3. The fourth-order valence-electron chi connectivity index (χ4n) is 8.57. The maximum atomic E-state index is 16.5. The number of aromatic nitrogens is 2. The van der Waals surface area contributed by atoms with E-state index >= 15 is 17.6 Å². The topological polar surface area (TPSA) is 9.86 Å². The number of halogens is 5. The molecule has 0 saturated carbocycles. The first-order valence-electron chi connectivity index (χ1n) is 20.6. The molecule has 0 radical (unpaired) electrons. The van der Waals surface area contributed by atoms with Crippen molar-refractivity contribution in [2.75, 3.05) is 0 Å². The predicted molar refractivity (Wildman–Crippen MR) is 240 cm³/mol. The van der Waals surface area contributed by atoms with Crippen LogP contribution < -0.4 is 0 Å². The highest BCUT2D eigenvalue weighted by Gasteiger charge is 2.40. The van der Waals surface area contributed by atoms with Crippen molar-refractivity contribution in [1.82, 2.24) is 9.13 Å². The summed E-state index contributed by atoms with van der Waals surface area (Å²) in [6.45, 7) is 25.4. The Bertz CT molecular complexity index is 2700. The molecule has 2 heterocycles. The predicted octanol–water partition coefficient (Wildman–Crippen LogP) is 16.0. The summed E-state index contributed by atoms with van der Waals surface area (Å²) < 4.78 is 83.3. The monoisotopic (exact) mass is 812 g/mol. The van der Waals surface area contributed by atoms with Gasteiger partial charge in [-0.2, -0.15) is 13.2 Å². The molecule has 0 aliphatic rings. The molecule has 6 aromatic carbocycles. The van der Waals surface area contributed by atoms with Crippen LogP contribution in [0.25, 0.3) is 66.1 Å². The first kappa shape index (κ1) is 41.3. The Morgan fingerprint density at radius 3 is 0.967 bits per heavy atom. The van der Waals surface area contributed by atoms with Gasteiger partial charge in [-0.05, 0) is 122 Å². The second-order valence-corrected chi connectivity index (χ2v) is 20.6. The van der Waals surface area contributed by atoms with Crippen LogP contribution in [-0.4, -0.2) is 9.13 Å². The van der Waals surface area contributed by atoms with E-state index in [1.54, 1.807) is 9.13 Å². The van der Waals surface area contributed by atoms with Gasteiger partial charge in [-0.15, -0.1) is 0 Å². The van der Waals surface area contributed by atoms with Crippen molar-refractivity contribution in [3.8, 4) is 22.5 Å². The maximum absolute atomic E-state index is 16.5. The molecule has 0 amide bonds. The van der Waals surface area contributed by atoms with E-state index in [0.29, 0.717) is 22.1 Å². The number of hydrogen-bond donors (Lipinski definition) is 0. The number of hydrogen-bond acceptors (Lipinski definition) is 0. The van der Waals surface area contributed by atoms with Crippen LogP contribution in [-0.2, 0) is 27.8 Å². The fourth-order valence-corrected chi connectivity index (χ4v) is 8.57. The minimum Gasteiger partial charge on any atom is -0.309 e. The summed E-state index contributed by atoms with van der Waals surface area (Å²) in [4.78, 5) is 0. The van der Waals surface area contributed by atoms with Gasteiger partial charge in [0.15, 0.2) is 0 Å². The van der Waals surface area contributed by atoms with Gasteiger partial charge in [0, 0.05) is 33.2 Å². The van der Waals surface area contributed by atoms with Crippen molar-refractivity contribution in [2.45, 2.75) is 111 Å². The van der Waals surface area contributed by atoms with Crippen LogP contribution in [0.15, 0.2) is 103 Å². The molecule has 0 unspecified atom stereocenters. The number of alkyl halides is 3. The minimum absolute atomic E-state index is 0.00997. The Hall–Kier alpha value is -5.43. The van der Waals surface area contributed by atoms with Gasteiger partial charge < -0.3 is 9.13 Å². The van der Waals surface area contributed by atoms with Gasteiger partial charge in [0.05, 0.1) is 33.4 Å². The van der Waals surface area contributed by atoms with E-state index < -0.39 is 23.4 Å². The molecule has 60 heavy (non-hydrogen) atoms. The summed E-state index contributed by atoms with van der Waals surface area (Å²) in [7, 11) is 0. The normalized spacial score (nSPS) is 13.4. The van der Waals surface area contributed by atoms with Gasteiger partial charge in [-0.3, -0.25) is 0 Å². The van der Waals surface area contributed by atoms with Crippen LogP contribution in [0.1, 0.15) is 111 Å². The summed E-state index contributed by atoms with van der Waals surface area (Å²) >= 11 is 0. The molecule has 0 saturated heterocycles. The average Bonchev–Trinajstić information content (AvgIpc) is 3.64. The van der Waals surface area contributed by atoms with E-state index in [1.165, 1.54) is 18.2 Å². The zero-order valence-corrected chi connectivity index (χ0v) is 36.6. The summed E-state index contributed by atoms with van der Waals surface area (Å²) in [6.07, 6.45) is -4.89. The van der Waals surface area contributed by atoms with E-state index in [2.05, 4.69) is 107 Å². The van der Waals surface area contributed by atoms with Crippen molar-refractivity contribution in [2.24, 2.45) is 0 Å². The quantitative estimate of drug-likeness (QED) is 0.157. The Balaban J connectivity index is 1.60. The van der Waals surface area contributed by atoms with Crippen molar-refractivity contribution in [3.63, 3.8) is 0 Å². The third kappa shape index (κ3) is 6.98. The molecule has 2 nitrogen and oxygen atoms in total. The Morgan fingerprint density at radius 1 is 0.383 bits per heavy atom. The van der Waals surface area contributed by atoms with Crippen LogP contribution >= 0.6 is 0 Å². The van der Waals surface area contributed by atoms with Gasteiger partial charge >= 0.3 is 6.18 Å². The lowest BCUT2D eigenvalue weighted by Gasteiger charge is -2.24. The molecule has 0 N–H and O–H groups in total. The van der Waals surface area contributed by atoms with Gasteiger partial charge in [-0.25, -0.2) is 8.78 Å². The number of fused-ring (bicyclic) bond motifs is 6. The van der Waals surface area contributed by atoms with E-state index in [9.17, 15) is 4.39 Å². The van der Waals surface area contributed by atoms with Crippen molar-refractivity contribution in [3.05, 3.63) is 143 Å². The number of benzene rings is 6. The lowest BCUT2D eigenvalue weighted by atomic mass is 9.85. The van der Waals surface area contributed by atoms with Crippen LogP contribution in [0.4, 0.5) is 22.0 Å².